The van der Waals surface area contributed by atoms with Crippen molar-refractivity contribution >= 4 is 23.9 Å². The molecule has 0 spiro atoms. The van der Waals surface area contributed by atoms with Crippen molar-refractivity contribution in [3.05, 3.63) is 29.8 Å². The van der Waals surface area contributed by atoms with Crippen molar-refractivity contribution in [2.75, 3.05) is 66.5 Å². The van der Waals surface area contributed by atoms with E-state index >= 15 is 0 Å². The Kier molecular flexibility index (Phi) is 15.9. The molecule has 2 aliphatic rings. The van der Waals surface area contributed by atoms with Crippen molar-refractivity contribution in [1.82, 2.24) is 15.1 Å². The average molecular weight is 680 g/mol. The quantitative estimate of drug-likeness (QED) is 0.178. The van der Waals surface area contributed by atoms with Crippen LogP contribution in [0.25, 0.3) is 0 Å². The van der Waals surface area contributed by atoms with Gasteiger partial charge in [0.05, 0.1) is 51.9 Å². The lowest BCUT2D eigenvalue weighted by Gasteiger charge is -2.44. The van der Waals surface area contributed by atoms with Crippen LogP contribution in [-0.4, -0.2) is 111 Å². The highest BCUT2D eigenvalue weighted by molar-refractivity contribution is 5.82. The van der Waals surface area contributed by atoms with Crippen molar-refractivity contribution in [1.29, 1.82) is 0 Å². The maximum atomic E-state index is 13.5. The third-order valence-corrected chi connectivity index (χ3v) is 9.13. The van der Waals surface area contributed by atoms with E-state index in [1.165, 1.54) is 12.0 Å². The van der Waals surface area contributed by atoms with Crippen LogP contribution in [0.4, 0.5) is 9.18 Å². The number of carboxylic acid groups (broad SMARTS) is 1. The van der Waals surface area contributed by atoms with E-state index in [2.05, 4.69) is 26.1 Å². The summed E-state index contributed by atoms with van der Waals surface area (Å²) in [5.41, 5.74) is 0.482. The molecule has 1 aromatic rings. The van der Waals surface area contributed by atoms with E-state index < -0.39 is 30.7 Å². The van der Waals surface area contributed by atoms with Crippen molar-refractivity contribution in [3.63, 3.8) is 0 Å². The topological polar surface area (TPSA) is 144 Å². The van der Waals surface area contributed by atoms with Gasteiger partial charge >= 0.3 is 12.1 Å². The fourth-order valence-electron chi connectivity index (χ4n) is 6.46. The summed E-state index contributed by atoms with van der Waals surface area (Å²) in [6.45, 7) is 8.23. The molecule has 0 bridgehead atoms. The van der Waals surface area contributed by atoms with Crippen LogP contribution in [0.15, 0.2) is 24.3 Å². The normalized spacial score (nSPS) is 20.6. The van der Waals surface area contributed by atoms with Crippen LogP contribution >= 0.6 is 0 Å². The Labute approximate surface area is 283 Å². The fourth-order valence-corrected chi connectivity index (χ4v) is 6.46. The highest BCUT2D eigenvalue weighted by Crippen LogP contribution is 2.36. The molecule has 2 heterocycles. The summed E-state index contributed by atoms with van der Waals surface area (Å²) in [5.74, 6) is -0.309. The van der Waals surface area contributed by atoms with E-state index in [1.807, 2.05) is 0 Å². The minimum absolute atomic E-state index is 0.00713. The van der Waals surface area contributed by atoms with E-state index in [4.69, 9.17) is 18.9 Å². The smallest absolute Gasteiger partial charge is 0.407 e. The minimum Gasteiger partial charge on any atom is -0.491 e. The molecular formula is C35H54FN3O9. The molecule has 48 heavy (non-hydrogen) atoms. The Morgan fingerprint density at radius 1 is 1.04 bits per heavy atom. The number of piperidine rings is 2. The largest absolute Gasteiger partial charge is 0.491 e. The predicted molar refractivity (Wildman–Crippen MR) is 176 cm³/mol. The van der Waals surface area contributed by atoms with E-state index in [9.17, 15) is 28.7 Å². The van der Waals surface area contributed by atoms with Crippen LogP contribution in [-0.2, 0) is 28.6 Å². The molecule has 2 fully saturated rings. The number of benzene rings is 1. The molecule has 2 aliphatic heterocycles. The summed E-state index contributed by atoms with van der Waals surface area (Å²) < 4.78 is 33.2. The zero-order valence-electron chi connectivity index (χ0n) is 28.9. The number of carbonyl (C=O) groups is 4. The molecule has 3 amide bonds. The first-order valence-corrected chi connectivity index (χ1v) is 17.0. The minimum atomic E-state index is -0.895. The molecule has 2 saturated heterocycles. The van der Waals surface area contributed by atoms with E-state index in [0.29, 0.717) is 76.5 Å². The number of rotatable bonds is 17. The van der Waals surface area contributed by atoms with Gasteiger partial charge in [-0.3, -0.25) is 14.4 Å². The number of nitrogens with zero attached hydrogens (tertiary/aromatic N) is 2. The highest BCUT2D eigenvalue weighted by Gasteiger charge is 2.39. The molecule has 2 unspecified atom stereocenters. The van der Waals surface area contributed by atoms with E-state index in [-0.39, 0.29) is 48.8 Å². The fraction of sp³-hybridized carbons (Fsp3) is 0.714. The van der Waals surface area contributed by atoms with Gasteiger partial charge in [-0.25, -0.2) is 9.18 Å². The van der Waals surface area contributed by atoms with Crippen LogP contribution in [0.1, 0.15) is 77.3 Å². The van der Waals surface area contributed by atoms with Gasteiger partial charge in [0.2, 0.25) is 11.8 Å². The second kappa shape index (κ2) is 19.5. The standard InChI is InChI=1S/C35H54FN3O9/c1-35(2,3)30-21-25(12-15-39(30)34(43)44)10-11-31(40)38-14-6-8-27(24-38)33(42)37-29(23-32(41)45-4)26-7-5-9-28(22-26)48-20-19-47-18-17-46-16-13-36/h5,7,9,22,25,27,29-30H,6,8,10-21,23-24H2,1-4H3,(H,37,42)(H,43,44)/t25?,27-,29+,30?/m1/s1. The van der Waals surface area contributed by atoms with E-state index in [0.717, 1.165) is 12.8 Å². The van der Waals surface area contributed by atoms with Crippen LogP contribution in [0, 0.1) is 17.3 Å². The third kappa shape index (κ3) is 12.5. The zero-order valence-corrected chi connectivity index (χ0v) is 28.9. The first-order chi connectivity index (χ1) is 22.9. The molecular weight excluding hydrogens is 625 g/mol. The number of halogens is 1. The van der Waals surface area contributed by atoms with Gasteiger partial charge in [0, 0.05) is 32.1 Å². The third-order valence-electron chi connectivity index (χ3n) is 9.13. The van der Waals surface area contributed by atoms with Crippen LogP contribution in [0.5, 0.6) is 5.75 Å². The summed E-state index contributed by atoms with van der Waals surface area (Å²) in [6.07, 6.45) is 2.87. The number of ether oxygens (including phenoxy) is 4. The summed E-state index contributed by atoms with van der Waals surface area (Å²) in [4.78, 5) is 54.2. The van der Waals surface area contributed by atoms with Gasteiger partial charge in [0.25, 0.3) is 0 Å². The first-order valence-electron chi connectivity index (χ1n) is 17.0. The lowest BCUT2D eigenvalue weighted by Crippen LogP contribution is -2.51. The first kappa shape index (κ1) is 39.0. The number of methoxy groups -OCH3 is 1. The maximum absolute atomic E-state index is 13.5. The number of carbonyl (C=O) groups excluding carboxylic acids is 3. The molecule has 3 rings (SSSR count). The average Bonchev–Trinajstić information content (AvgIpc) is 3.07. The second-order valence-electron chi connectivity index (χ2n) is 13.6. The number of alkyl halides is 1. The zero-order chi connectivity index (χ0) is 35.1. The predicted octanol–water partition coefficient (Wildman–Crippen LogP) is 4.61. The summed E-state index contributed by atoms with van der Waals surface area (Å²) in [7, 11) is 1.30. The Hall–Kier alpha value is -3.45. The number of amides is 3. The van der Waals surface area contributed by atoms with Crippen LogP contribution in [0.2, 0.25) is 0 Å². The molecule has 13 heteroatoms. The van der Waals surface area contributed by atoms with Crippen molar-refractivity contribution < 1.29 is 47.6 Å². The van der Waals surface area contributed by atoms with Gasteiger partial charge in [-0.1, -0.05) is 32.9 Å². The number of hydrogen-bond donors (Lipinski definition) is 2. The molecule has 0 radical (unpaired) electrons. The SMILES string of the molecule is COC(=O)C[C@H](NC(=O)[C@@H]1CCCN(C(=O)CCC2CCN(C(=O)O)C(C(C)(C)C)C2)C1)c1cccc(OCCOCCOCCF)c1. The lowest BCUT2D eigenvalue weighted by molar-refractivity contribution is -0.141. The molecule has 0 saturated carbocycles. The second-order valence-corrected chi connectivity index (χ2v) is 13.6. The number of hydrogen-bond acceptors (Lipinski definition) is 8. The molecule has 12 nitrogen and oxygen atoms in total. The van der Waals surface area contributed by atoms with Gasteiger partial charge < -0.3 is 39.2 Å². The monoisotopic (exact) mass is 679 g/mol. The molecule has 1 aromatic carbocycles. The summed E-state index contributed by atoms with van der Waals surface area (Å²) >= 11 is 0. The summed E-state index contributed by atoms with van der Waals surface area (Å²) in [6, 6.07) is 6.37. The van der Waals surface area contributed by atoms with Gasteiger partial charge in [0.15, 0.2) is 0 Å². The Morgan fingerprint density at radius 2 is 1.77 bits per heavy atom. The van der Waals surface area contributed by atoms with Crippen LogP contribution < -0.4 is 10.1 Å². The maximum Gasteiger partial charge on any atom is 0.407 e. The van der Waals surface area contributed by atoms with Gasteiger partial charge in [0.1, 0.15) is 19.0 Å². The number of likely N-dealkylation sites (tertiary alicyclic amines) is 2. The molecule has 2 N–H and O–H groups in total. The number of nitrogens with one attached hydrogen (secondary N) is 1. The van der Waals surface area contributed by atoms with Crippen molar-refractivity contribution in [3.8, 4) is 5.75 Å². The van der Waals surface area contributed by atoms with Gasteiger partial charge in [-0.05, 0) is 61.1 Å². The molecule has 270 valence electrons. The Bertz CT molecular complexity index is 1190. The number of esters is 1. The van der Waals surface area contributed by atoms with Crippen LogP contribution in [0.3, 0.4) is 0 Å². The molecule has 0 aliphatic carbocycles. The van der Waals surface area contributed by atoms with E-state index in [1.54, 1.807) is 29.2 Å². The van der Waals surface area contributed by atoms with Gasteiger partial charge in [-0.2, -0.15) is 0 Å². The molecule has 0 aromatic heterocycles. The molecule has 4 atom stereocenters. The van der Waals surface area contributed by atoms with Crippen molar-refractivity contribution in [2.45, 2.75) is 77.8 Å². The summed E-state index contributed by atoms with van der Waals surface area (Å²) in [5, 5.41) is 12.7. The van der Waals surface area contributed by atoms with Gasteiger partial charge in [-0.15, -0.1) is 0 Å². The highest BCUT2D eigenvalue weighted by atomic mass is 19.1. The lowest BCUT2D eigenvalue weighted by atomic mass is 9.76. The Balaban J connectivity index is 1.54. The van der Waals surface area contributed by atoms with Crippen molar-refractivity contribution in [2.24, 2.45) is 17.3 Å². The Morgan fingerprint density at radius 3 is 2.46 bits per heavy atom.